The summed E-state index contributed by atoms with van der Waals surface area (Å²) in [4.78, 5) is 29.4. The number of methoxy groups -OCH3 is 1. The smallest absolute Gasteiger partial charge is 0.303 e. The molecule has 0 aliphatic carbocycles. The third-order valence-corrected chi connectivity index (χ3v) is 3.44. The van der Waals surface area contributed by atoms with Crippen molar-refractivity contribution in [1.82, 2.24) is 9.97 Å². The van der Waals surface area contributed by atoms with E-state index in [0.717, 1.165) is 0 Å². The average Bonchev–Trinajstić information content (AvgIpc) is 2.52. The van der Waals surface area contributed by atoms with Crippen LogP contribution in [0.4, 0.5) is 4.39 Å². The number of ether oxygens (including phenoxy) is 1. The second kappa shape index (κ2) is 7.54. The zero-order valence-electron chi connectivity index (χ0n) is 13.3. The molecule has 0 saturated heterocycles. The van der Waals surface area contributed by atoms with Crippen molar-refractivity contribution in [1.29, 1.82) is 0 Å². The van der Waals surface area contributed by atoms with E-state index in [1.807, 2.05) is 0 Å². The molecule has 6 nitrogen and oxygen atoms in total. The van der Waals surface area contributed by atoms with Crippen molar-refractivity contribution in [2.75, 3.05) is 7.11 Å². The van der Waals surface area contributed by atoms with Crippen LogP contribution in [0.3, 0.4) is 0 Å². The summed E-state index contributed by atoms with van der Waals surface area (Å²) >= 11 is 0. The Balaban J connectivity index is 2.22. The number of halogens is 1. The maximum Gasteiger partial charge on any atom is 0.303 e. The van der Waals surface area contributed by atoms with E-state index in [2.05, 4.69) is 9.97 Å². The van der Waals surface area contributed by atoms with Crippen LogP contribution in [0.15, 0.2) is 23.0 Å². The molecule has 0 radical (unpaired) electrons. The van der Waals surface area contributed by atoms with Crippen LogP contribution in [-0.4, -0.2) is 28.2 Å². The van der Waals surface area contributed by atoms with Gasteiger partial charge in [0.15, 0.2) is 11.6 Å². The van der Waals surface area contributed by atoms with Crippen molar-refractivity contribution in [2.45, 2.75) is 19.8 Å². The predicted octanol–water partition coefficient (Wildman–Crippen LogP) is 2.41. The van der Waals surface area contributed by atoms with Gasteiger partial charge in [-0.1, -0.05) is 12.1 Å². The van der Waals surface area contributed by atoms with E-state index in [4.69, 9.17) is 9.84 Å². The van der Waals surface area contributed by atoms with Gasteiger partial charge in [0.05, 0.1) is 7.11 Å². The molecular weight excluding hydrogens is 315 g/mol. The summed E-state index contributed by atoms with van der Waals surface area (Å²) in [5.41, 5.74) is 1.04. The van der Waals surface area contributed by atoms with Gasteiger partial charge in [-0.15, -0.1) is 0 Å². The van der Waals surface area contributed by atoms with E-state index < -0.39 is 11.8 Å². The lowest BCUT2D eigenvalue weighted by Gasteiger charge is -2.04. The van der Waals surface area contributed by atoms with E-state index in [0.29, 0.717) is 22.6 Å². The van der Waals surface area contributed by atoms with Crippen molar-refractivity contribution < 1.29 is 19.0 Å². The lowest BCUT2D eigenvalue weighted by atomic mass is 10.1. The minimum Gasteiger partial charge on any atom is -0.494 e. The highest BCUT2D eigenvalue weighted by atomic mass is 19.1. The first kappa shape index (κ1) is 17.4. The number of nitrogens with zero attached hydrogens (tertiary/aromatic N) is 1. The Labute approximate surface area is 137 Å². The first-order valence-corrected chi connectivity index (χ1v) is 7.24. The number of hydrogen-bond acceptors (Lipinski definition) is 4. The lowest BCUT2D eigenvalue weighted by Crippen LogP contribution is -2.18. The number of aromatic nitrogens is 2. The normalized spacial score (nSPS) is 11.0. The fraction of sp³-hybridized carbons (Fsp3) is 0.235. The van der Waals surface area contributed by atoms with Gasteiger partial charge in [0.25, 0.3) is 5.56 Å². The van der Waals surface area contributed by atoms with Crippen LogP contribution >= 0.6 is 0 Å². The summed E-state index contributed by atoms with van der Waals surface area (Å²) in [6, 6.07) is 4.48. The zero-order valence-corrected chi connectivity index (χ0v) is 13.3. The SMILES string of the molecule is COc1ccc(/C=C/c2nc(C)c(CCC(=O)O)c(=O)[nH]2)cc1F. The number of hydrogen-bond donors (Lipinski definition) is 2. The number of rotatable bonds is 6. The summed E-state index contributed by atoms with van der Waals surface area (Å²) in [5, 5.41) is 8.70. The van der Waals surface area contributed by atoms with E-state index >= 15 is 0 Å². The summed E-state index contributed by atoms with van der Waals surface area (Å²) in [6.07, 6.45) is 3.15. The Hall–Kier alpha value is -2.96. The number of aryl methyl sites for hydroxylation is 1. The highest BCUT2D eigenvalue weighted by molar-refractivity contribution is 5.68. The number of H-pyrrole nitrogens is 1. The Morgan fingerprint density at radius 2 is 2.17 bits per heavy atom. The first-order valence-electron chi connectivity index (χ1n) is 7.24. The molecule has 2 N–H and O–H groups in total. The van der Waals surface area contributed by atoms with Gasteiger partial charge >= 0.3 is 5.97 Å². The molecule has 0 bridgehead atoms. The highest BCUT2D eigenvalue weighted by Crippen LogP contribution is 2.18. The second-order valence-electron chi connectivity index (χ2n) is 5.14. The van der Waals surface area contributed by atoms with Gasteiger partial charge in [-0.25, -0.2) is 9.37 Å². The van der Waals surface area contributed by atoms with Gasteiger partial charge in [-0.05, 0) is 37.1 Å². The van der Waals surface area contributed by atoms with Crippen LogP contribution in [-0.2, 0) is 11.2 Å². The average molecular weight is 332 g/mol. The summed E-state index contributed by atoms with van der Waals surface area (Å²) in [6.45, 7) is 1.65. The van der Waals surface area contributed by atoms with Gasteiger partial charge in [0, 0.05) is 17.7 Å². The number of carbonyl (C=O) groups is 1. The molecule has 1 aromatic heterocycles. The van der Waals surface area contributed by atoms with Crippen molar-refractivity contribution in [3.8, 4) is 5.75 Å². The van der Waals surface area contributed by atoms with Gasteiger partial charge < -0.3 is 14.8 Å². The van der Waals surface area contributed by atoms with Crippen LogP contribution < -0.4 is 10.3 Å². The maximum atomic E-state index is 13.6. The van der Waals surface area contributed by atoms with E-state index in [9.17, 15) is 14.0 Å². The van der Waals surface area contributed by atoms with Crippen molar-refractivity contribution in [3.05, 3.63) is 57.0 Å². The molecule has 0 unspecified atom stereocenters. The van der Waals surface area contributed by atoms with Gasteiger partial charge in [0.2, 0.25) is 0 Å². The quantitative estimate of drug-likeness (QED) is 0.847. The third kappa shape index (κ3) is 4.28. The fourth-order valence-corrected chi connectivity index (χ4v) is 2.20. The predicted molar refractivity (Wildman–Crippen MR) is 87.4 cm³/mol. The van der Waals surface area contributed by atoms with Crippen LogP contribution in [0.2, 0.25) is 0 Å². The number of aliphatic carboxylic acids is 1. The Bertz CT molecular complexity index is 843. The minimum atomic E-state index is -0.973. The number of carboxylic acids is 1. The number of benzene rings is 1. The van der Waals surface area contributed by atoms with Crippen molar-refractivity contribution in [2.24, 2.45) is 0 Å². The van der Waals surface area contributed by atoms with Crippen LogP contribution in [0.1, 0.15) is 29.1 Å². The van der Waals surface area contributed by atoms with Gasteiger partial charge in [0.1, 0.15) is 5.82 Å². The van der Waals surface area contributed by atoms with Crippen molar-refractivity contribution >= 4 is 18.1 Å². The molecule has 7 heteroatoms. The lowest BCUT2D eigenvalue weighted by molar-refractivity contribution is -0.136. The molecule has 0 amide bonds. The molecule has 0 atom stereocenters. The molecule has 24 heavy (non-hydrogen) atoms. The van der Waals surface area contributed by atoms with Crippen LogP contribution in [0, 0.1) is 12.7 Å². The fourth-order valence-electron chi connectivity index (χ4n) is 2.20. The highest BCUT2D eigenvalue weighted by Gasteiger charge is 2.09. The molecule has 1 aromatic carbocycles. The Kier molecular flexibility index (Phi) is 5.47. The largest absolute Gasteiger partial charge is 0.494 e. The molecule has 0 fully saturated rings. The number of carboxylic acid groups (broad SMARTS) is 1. The summed E-state index contributed by atoms with van der Waals surface area (Å²) < 4.78 is 18.5. The van der Waals surface area contributed by atoms with Gasteiger partial charge in [-0.2, -0.15) is 0 Å². The van der Waals surface area contributed by atoms with E-state index in [-0.39, 0.29) is 24.2 Å². The third-order valence-electron chi connectivity index (χ3n) is 3.44. The summed E-state index contributed by atoms with van der Waals surface area (Å²) in [7, 11) is 1.39. The standard InChI is InChI=1S/C17H17FN2O4/c1-10-12(5-8-16(21)22)17(23)20-15(19-10)7-4-11-3-6-14(24-2)13(18)9-11/h3-4,6-7,9H,5,8H2,1-2H3,(H,21,22)(H,19,20,23)/b7-4+. The second-order valence-corrected chi connectivity index (χ2v) is 5.14. The van der Waals surface area contributed by atoms with Crippen LogP contribution in [0.5, 0.6) is 5.75 Å². The molecule has 0 saturated carbocycles. The molecule has 2 rings (SSSR count). The topological polar surface area (TPSA) is 92.3 Å². The van der Waals surface area contributed by atoms with Crippen LogP contribution in [0.25, 0.3) is 12.2 Å². The Morgan fingerprint density at radius 3 is 2.75 bits per heavy atom. The monoisotopic (exact) mass is 332 g/mol. The molecule has 0 aliphatic heterocycles. The molecular formula is C17H17FN2O4. The van der Waals surface area contributed by atoms with Crippen molar-refractivity contribution in [3.63, 3.8) is 0 Å². The maximum absolute atomic E-state index is 13.6. The van der Waals surface area contributed by atoms with E-state index in [1.165, 1.54) is 19.2 Å². The molecule has 0 spiro atoms. The van der Waals surface area contributed by atoms with Gasteiger partial charge in [-0.3, -0.25) is 9.59 Å². The van der Waals surface area contributed by atoms with E-state index in [1.54, 1.807) is 25.1 Å². The number of aromatic amines is 1. The molecule has 1 heterocycles. The Morgan fingerprint density at radius 1 is 1.42 bits per heavy atom. The number of nitrogens with one attached hydrogen (secondary N) is 1. The molecule has 2 aromatic rings. The first-order chi connectivity index (χ1) is 11.4. The molecule has 126 valence electrons. The zero-order chi connectivity index (χ0) is 17.7. The molecule has 0 aliphatic rings. The minimum absolute atomic E-state index is 0.122. The summed E-state index contributed by atoms with van der Waals surface area (Å²) in [5.74, 6) is -0.995.